The lowest BCUT2D eigenvalue weighted by molar-refractivity contribution is -0.137. The number of rotatable bonds is 2. The summed E-state index contributed by atoms with van der Waals surface area (Å²) >= 11 is 1.41. The number of thioether (sulfide) groups is 1. The van der Waals surface area contributed by atoms with Crippen molar-refractivity contribution in [1.29, 1.82) is 0 Å². The molecule has 126 valence electrons. The minimum atomic E-state index is -4.44. The second kappa shape index (κ2) is 5.70. The standard InChI is InChI=1S/C14H15F3N2O2S2/c1-2-22-13-18-11-7-23(20,21)8-12(11)19(13)10-5-3-4-9(6-10)14(15,16)17/h3-6,11-12H,2,7-8H2,1H3/t11-,12-/m1/s1. The van der Waals surface area contributed by atoms with Gasteiger partial charge in [-0.3, -0.25) is 4.99 Å². The summed E-state index contributed by atoms with van der Waals surface area (Å²) in [7, 11) is -3.20. The van der Waals surface area contributed by atoms with Crippen LogP contribution in [0.4, 0.5) is 18.9 Å². The summed E-state index contributed by atoms with van der Waals surface area (Å²) in [4.78, 5) is 6.08. The molecule has 3 rings (SSSR count). The molecular weight excluding hydrogens is 349 g/mol. The van der Waals surface area contributed by atoms with Crippen LogP contribution in [0.15, 0.2) is 29.3 Å². The quantitative estimate of drug-likeness (QED) is 0.810. The van der Waals surface area contributed by atoms with E-state index in [0.29, 0.717) is 16.6 Å². The van der Waals surface area contributed by atoms with E-state index in [4.69, 9.17) is 0 Å². The minimum absolute atomic E-state index is 0.0408. The molecule has 0 unspecified atom stereocenters. The van der Waals surface area contributed by atoms with Gasteiger partial charge in [-0.2, -0.15) is 13.2 Å². The van der Waals surface area contributed by atoms with E-state index < -0.39 is 33.7 Å². The Kier molecular flexibility index (Phi) is 4.12. The van der Waals surface area contributed by atoms with Crippen molar-refractivity contribution in [2.75, 3.05) is 22.2 Å². The number of halogens is 3. The van der Waals surface area contributed by atoms with E-state index in [2.05, 4.69) is 4.99 Å². The van der Waals surface area contributed by atoms with E-state index in [1.54, 1.807) is 11.0 Å². The number of hydrogen-bond acceptors (Lipinski definition) is 5. The maximum absolute atomic E-state index is 12.9. The monoisotopic (exact) mass is 364 g/mol. The van der Waals surface area contributed by atoms with Gasteiger partial charge in [0.15, 0.2) is 15.0 Å². The van der Waals surface area contributed by atoms with Gasteiger partial charge in [0, 0.05) is 5.69 Å². The SMILES string of the molecule is CCSC1=N[C@@H]2CS(=O)(=O)C[C@H]2N1c1cccc(C(F)(F)F)c1. The van der Waals surface area contributed by atoms with Gasteiger partial charge >= 0.3 is 6.18 Å². The molecule has 2 atom stereocenters. The molecule has 0 amide bonds. The molecule has 0 spiro atoms. The van der Waals surface area contributed by atoms with Crippen LogP contribution in [0.25, 0.3) is 0 Å². The summed E-state index contributed by atoms with van der Waals surface area (Å²) in [6.07, 6.45) is -4.44. The van der Waals surface area contributed by atoms with Gasteiger partial charge in [-0.25, -0.2) is 8.42 Å². The summed E-state index contributed by atoms with van der Waals surface area (Å²) in [5, 5.41) is 0.594. The Bertz CT molecular complexity index is 747. The molecule has 2 heterocycles. The maximum Gasteiger partial charge on any atom is 0.416 e. The molecule has 1 aromatic carbocycles. The van der Waals surface area contributed by atoms with Gasteiger partial charge in [0.2, 0.25) is 0 Å². The first kappa shape index (κ1) is 16.6. The molecule has 0 aliphatic carbocycles. The molecule has 0 bridgehead atoms. The van der Waals surface area contributed by atoms with Gasteiger partial charge in [-0.1, -0.05) is 24.8 Å². The van der Waals surface area contributed by atoms with Gasteiger partial charge in [0.1, 0.15) is 0 Å². The highest BCUT2D eigenvalue weighted by molar-refractivity contribution is 8.14. The number of benzene rings is 1. The number of fused-ring (bicyclic) bond motifs is 1. The second-order valence-electron chi connectivity index (χ2n) is 5.47. The Morgan fingerprint density at radius 3 is 2.74 bits per heavy atom. The molecule has 0 saturated carbocycles. The van der Waals surface area contributed by atoms with Gasteiger partial charge in [-0.05, 0) is 24.0 Å². The molecule has 1 saturated heterocycles. The van der Waals surface area contributed by atoms with E-state index in [0.717, 1.165) is 12.1 Å². The first-order valence-corrected chi connectivity index (χ1v) is 9.89. The lowest BCUT2D eigenvalue weighted by Crippen LogP contribution is -2.39. The van der Waals surface area contributed by atoms with Crippen LogP contribution in [0.5, 0.6) is 0 Å². The zero-order valence-electron chi connectivity index (χ0n) is 12.2. The van der Waals surface area contributed by atoms with Crippen molar-refractivity contribution in [3.63, 3.8) is 0 Å². The summed E-state index contributed by atoms with van der Waals surface area (Å²) in [6, 6.07) is 4.14. The van der Waals surface area contributed by atoms with Crippen LogP contribution in [0.3, 0.4) is 0 Å². The van der Waals surface area contributed by atoms with E-state index in [1.807, 2.05) is 6.92 Å². The lowest BCUT2D eigenvalue weighted by Gasteiger charge is -2.27. The van der Waals surface area contributed by atoms with Crippen molar-refractivity contribution in [3.8, 4) is 0 Å². The van der Waals surface area contributed by atoms with Crippen molar-refractivity contribution in [3.05, 3.63) is 29.8 Å². The number of anilines is 1. The van der Waals surface area contributed by atoms with Gasteiger partial charge in [-0.15, -0.1) is 0 Å². The fourth-order valence-corrected chi connectivity index (χ4v) is 5.59. The lowest BCUT2D eigenvalue weighted by atomic mass is 10.1. The van der Waals surface area contributed by atoms with Crippen LogP contribution in [0.1, 0.15) is 12.5 Å². The van der Waals surface area contributed by atoms with Crippen molar-refractivity contribution in [2.45, 2.75) is 25.2 Å². The van der Waals surface area contributed by atoms with Gasteiger partial charge < -0.3 is 4.90 Å². The molecule has 2 aliphatic heterocycles. The maximum atomic E-state index is 12.9. The number of amidine groups is 1. The van der Waals surface area contributed by atoms with Crippen molar-refractivity contribution < 1.29 is 21.6 Å². The number of nitrogens with zero attached hydrogens (tertiary/aromatic N) is 2. The third-order valence-corrected chi connectivity index (χ3v) is 6.38. The van der Waals surface area contributed by atoms with Crippen LogP contribution >= 0.6 is 11.8 Å². The molecule has 1 fully saturated rings. The van der Waals surface area contributed by atoms with Crippen molar-refractivity contribution in [2.24, 2.45) is 4.99 Å². The molecule has 0 aromatic heterocycles. The first-order chi connectivity index (χ1) is 10.7. The third kappa shape index (κ3) is 3.21. The molecular formula is C14H15F3N2O2S2. The zero-order chi connectivity index (χ0) is 16.8. The van der Waals surface area contributed by atoms with Crippen LogP contribution in [-0.4, -0.2) is 42.9 Å². The highest BCUT2D eigenvalue weighted by Gasteiger charge is 2.47. The topological polar surface area (TPSA) is 49.7 Å². The Labute approximate surface area is 136 Å². The van der Waals surface area contributed by atoms with Crippen LogP contribution in [0, 0.1) is 0 Å². The summed E-state index contributed by atoms with van der Waals surface area (Å²) < 4.78 is 62.5. The number of aliphatic imine (C=N–C) groups is 1. The van der Waals surface area contributed by atoms with Gasteiger partial charge in [0.05, 0.1) is 29.2 Å². The van der Waals surface area contributed by atoms with Crippen LogP contribution in [-0.2, 0) is 16.0 Å². The molecule has 0 radical (unpaired) electrons. The fourth-order valence-electron chi connectivity index (χ4n) is 2.90. The molecule has 1 aromatic rings. The minimum Gasteiger partial charge on any atom is -0.315 e. The summed E-state index contributed by atoms with van der Waals surface area (Å²) in [5.74, 6) is 0.590. The van der Waals surface area contributed by atoms with E-state index in [1.165, 1.54) is 17.8 Å². The third-order valence-electron chi connectivity index (χ3n) is 3.83. The normalized spacial score (nSPS) is 26.3. The Balaban J connectivity index is 2.01. The van der Waals surface area contributed by atoms with Crippen LogP contribution in [0.2, 0.25) is 0 Å². The number of sulfone groups is 1. The number of hydrogen-bond donors (Lipinski definition) is 0. The van der Waals surface area contributed by atoms with E-state index in [9.17, 15) is 21.6 Å². The zero-order valence-corrected chi connectivity index (χ0v) is 13.9. The molecule has 23 heavy (non-hydrogen) atoms. The smallest absolute Gasteiger partial charge is 0.315 e. The van der Waals surface area contributed by atoms with Crippen LogP contribution < -0.4 is 4.90 Å². The Hall–Kier alpha value is -1.22. The predicted molar refractivity (Wildman–Crippen MR) is 85.7 cm³/mol. The first-order valence-electron chi connectivity index (χ1n) is 7.09. The predicted octanol–water partition coefficient (Wildman–Crippen LogP) is 2.80. The number of alkyl halides is 3. The largest absolute Gasteiger partial charge is 0.416 e. The van der Waals surface area contributed by atoms with E-state index in [-0.39, 0.29) is 11.5 Å². The Morgan fingerprint density at radius 2 is 2.09 bits per heavy atom. The average Bonchev–Trinajstić information content (AvgIpc) is 2.89. The summed E-state index contributed by atoms with van der Waals surface area (Å²) in [5.41, 5.74) is -0.413. The molecule has 0 N–H and O–H groups in total. The molecule has 9 heteroatoms. The van der Waals surface area contributed by atoms with E-state index >= 15 is 0 Å². The highest BCUT2D eigenvalue weighted by Crippen LogP contribution is 2.37. The Morgan fingerprint density at radius 1 is 1.35 bits per heavy atom. The summed E-state index contributed by atoms with van der Waals surface area (Å²) in [6.45, 7) is 1.92. The fraction of sp³-hybridized carbons (Fsp3) is 0.500. The average molecular weight is 364 g/mol. The molecule has 4 nitrogen and oxygen atoms in total. The van der Waals surface area contributed by atoms with Crippen molar-refractivity contribution >= 4 is 32.5 Å². The second-order valence-corrected chi connectivity index (χ2v) is 8.86. The molecule has 2 aliphatic rings. The van der Waals surface area contributed by atoms with Crippen molar-refractivity contribution in [1.82, 2.24) is 0 Å². The highest BCUT2D eigenvalue weighted by atomic mass is 32.2. The van der Waals surface area contributed by atoms with Gasteiger partial charge in [0.25, 0.3) is 0 Å².